The van der Waals surface area contributed by atoms with E-state index in [0.29, 0.717) is 0 Å². The van der Waals surface area contributed by atoms with E-state index in [4.69, 9.17) is 10.9 Å². The molecular formula is C14H16BrN3OS. The molecule has 1 aromatic heterocycles. The van der Waals surface area contributed by atoms with Crippen molar-refractivity contribution in [2.45, 2.75) is 13.1 Å². The number of hydrogen-bond acceptors (Lipinski definition) is 4. The smallest absolute Gasteiger partial charge is 0.170 e. The zero-order valence-electron chi connectivity index (χ0n) is 11.1. The third-order valence-electron chi connectivity index (χ3n) is 2.83. The summed E-state index contributed by atoms with van der Waals surface area (Å²) in [6.07, 6.45) is 0. The molecule has 0 fully saturated rings. The highest BCUT2D eigenvalue weighted by Crippen LogP contribution is 2.21. The van der Waals surface area contributed by atoms with Crippen LogP contribution in [0.2, 0.25) is 0 Å². The lowest BCUT2D eigenvalue weighted by Gasteiger charge is -2.16. The summed E-state index contributed by atoms with van der Waals surface area (Å²) in [5.74, 6) is 0.136. The molecule has 0 aliphatic rings. The second kappa shape index (κ2) is 6.88. The van der Waals surface area contributed by atoms with Crippen LogP contribution in [0.4, 0.5) is 0 Å². The molecule has 0 saturated carbocycles. The molecule has 1 aromatic carbocycles. The molecule has 0 saturated heterocycles. The highest BCUT2D eigenvalue weighted by atomic mass is 79.9. The molecule has 0 amide bonds. The zero-order chi connectivity index (χ0) is 14.5. The zero-order valence-corrected chi connectivity index (χ0v) is 13.5. The summed E-state index contributed by atoms with van der Waals surface area (Å²) in [6, 6.07) is 9.85. The van der Waals surface area contributed by atoms with E-state index in [1.54, 1.807) is 11.3 Å². The van der Waals surface area contributed by atoms with Gasteiger partial charge in [-0.25, -0.2) is 0 Å². The lowest BCUT2D eigenvalue weighted by molar-refractivity contribution is 0.318. The van der Waals surface area contributed by atoms with Gasteiger partial charge in [0.25, 0.3) is 0 Å². The Morgan fingerprint density at radius 2 is 2.20 bits per heavy atom. The average Bonchev–Trinajstić information content (AvgIpc) is 2.83. The van der Waals surface area contributed by atoms with Gasteiger partial charge >= 0.3 is 0 Å². The topological polar surface area (TPSA) is 61.8 Å². The fraction of sp³-hybridized carbons (Fsp3) is 0.214. The van der Waals surface area contributed by atoms with Gasteiger partial charge in [-0.2, -0.15) is 0 Å². The van der Waals surface area contributed by atoms with E-state index in [1.807, 2.05) is 24.3 Å². The van der Waals surface area contributed by atoms with Gasteiger partial charge in [0.2, 0.25) is 0 Å². The van der Waals surface area contributed by atoms with E-state index < -0.39 is 0 Å². The maximum atomic E-state index is 8.71. The Kier molecular flexibility index (Phi) is 5.17. The van der Waals surface area contributed by atoms with Gasteiger partial charge in [-0.3, -0.25) is 4.90 Å². The van der Waals surface area contributed by atoms with Crippen LogP contribution in [0, 0.1) is 0 Å². The van der Waals surface area contributed by atoms with Crippen molar-refractivity contribution in [2.24, 2.45) is 10.9 Å². The second-order valence-electron chi connectivity index (χ2n) is 4.59. The largest absolute Gasteiger partial charge is 0.409 e. The highest BCUT2D eigenvalue weighted by molar-refractivity contribution is 9.10. The number of amidine groups is 1. The molecule has 2 rings (SSSR count). The highest BCUT2D eigenvalue weighted by Gasteiger charge is 2.06. The number of benzene rings is 1. The monoisotopic (exact) mass is 353 g/mol. The Bertz CT molecular complexity index is 612. The van der Waals surface area contributed by atoms with Gasteiger partial charge in [-0.1, -0.05) is 23.4 Å². The Labute approximate surface area is 130 Å². The third-order valence-corrected chi connectivity index (χ3v) is 4.51. The minimum absolute atomic E-state index is 0.136. The number of nitrogens with zero attached hydrogens (tertiary/aromatic N) is 2. The lowest BCUT2D eigenvalue weighted by atomic mass is 10.1. The van der Waals surface area contributed by atoms with Crippen LogP contribution < -0.4 is 5.73 Å². The Balaban J connectivity index is 2.02. The van der Waals surface area contributed by atoms with Gasteiger partial charge in [0.1, 0.15) is 0 Å². The summed E-state index contributed by atoms with van der Waals surface area (Å²) >= 11 is 5.20. The molecule has 0 aliphatic carbocycles. The first kappa shape index (κ1) is 15.0. The molecule has 0 spiro atoms. The SMILES string of the molecule is CN(Cc1cccc(C(N)=NO)c1)Cc1cc(Br)cs1. The van der Waals surface area contributed by atoms with Crippen LogP contribution in [-0.2, 0) is 13.1 Å². The first-order valence-corrected chi connectivity index (χ1v) is 7.74. The Morgan fingerprint density at radius 3 is 2.85 bits per heavy atom. The van der Waals surface area contributed by atoms with Crippen molar-refractivity contribution in [1.29, 1.82) is 0 Å². The van der Waals surface area contributed by atoms with E-state index >= 15 is 0 Å². The summed E-state index contributed by atoms with van der Waals surface area (Å²) in [4.78, 5) is 3.54. The van der Waals surface area contributed by atoms with Crippen molar-refractivity contribution in [3.8, 4) is 0 Å². The maximum absolute atomic E-state index is 8.71. The van der Waals surface area contributed by atoms with Crippen LogP contribution >= 0.6 is 27.3 Å². The standard InChI is InChI=1S/C14H16BrN3OS/c1-18(8-13-6-12(15)9-20-13)7-10-3-2-4-11(5-10)14(16)17-19/h2-6,9,19H,7-8H2,1H3,(H2,16,17). The predicted octanol–water partition coefficient (Wildman–Crippen LogP) is 3.24. The van der Waals surface area contributed by atoms with E-state index in [1.165, 1.54) is 4.88 Å². The predicted molar refractivity (Wildman–Crippen MR) is 86.1 cm³/mol. The van der Waals surface area contributed by atoms with Crippen molar-refractivity contribution in [2.75, 3.05) is 7.05 Å². The van der Waals surface area contributed by atoms with Gasteiger partial charge in [0.05, 0.1) is 0 Å². The Morgan fingerprint density at radius 1 is 1.40 bits per heavy atom. The molecule has 0 aliphatic heterocycles. The number of halogens is 1. The summed E-state index contributed by atoms with van der Waals surface area (Å²) in [7, 11) is 2.07. The second-order valence-corrected chi connectivity index (χ2v) is 6.50. The molecule has 0 bridgehead atoms. The number of thiophene rings is 1. The fourth-order valence-electron chi connectivity index (χ4n) is 1.96. The van der Waals surface area contributed by atoms with Crippen LogP contribution in [0.1, 0.15) is 16.0 Å². The summed E-state index contributed by atoms with van der Waals surface area (Å²) < 4.78 is 1.12. The normalized spacial score (nSPS) is 12.1. The average molecular weight is 354 g/mol. The van der Waals surface area contributed by atoms with Crippen molar-refractivity contribution in [1.82, 2.24) is 4.90 Å². The number of rotatable bonds is 5. The van der Waals surface area contributed by atoms with Crippen LogP contribution in [0.5, 0.6) is 0 Å². The molecule has 2 aromatic rings. The molecule has 0 radical (unpaired) electrons. The molecule has 0 unspecified atom stereocenters. The van der Waals surface area contributed by atoms with E-state index in [0.717, 1.165) is 28.7 Å². The molecular weight excluding hydrogens is 338 g/mol. The van der Waals surface area contributed by atoms with Gasteiger partial charge < -0.3 is 10.9 Å². The molecule has 6 heteroatoms. The molecule has 1 heterocycles. The van der Waals surface area contributed by atoms with Crippen molar-refractivity contribution < 1.29 is 5.21 Å². The minimum atomic E-state index is 0.136. The minimum Gasteiger partial charge on any atom is -0.409 e. The van der Waals surface area contributed by atoms with Crippen LogP contribution in [-0.4, -0.2) is 23.0 Å². The van der Waals surface area contributed by atoms with Gasteiger partial charge in [0.15, 0.2) is 5.84 Å². The third kappa shape index (κ3) is 4.06. The molecule has 3 N–H and O–H groups in total. The molecule has 106 valence electrons. The van der Waals surface area contributed by atoms with E-state index in [2.05, 4.69) is 44.5 Å². The van der Waals surface area contributed by atoms with E-state index in [-0.39, 0.29) is 5.84 Å². The maximum Gasteiger partial charge on any atom is 0.170 e. The molecule has 4 nitrogen and oxygen atoms in total. The summed E-state index contributed by atoms with van der Waals surface area (Å²) in [6.45, 7) is 1.70. The van der Waals surface area contributed by atoms with Crippen molar-refractivity contribution in [3.05, 3.63) is 56.2 Å². The Hall–Kier alpha value is -1.37. The van der Waals surface area contributed by atoms with Crippen molar-refractivity contribution in [3.63, 3.8) is 0 Å². The number of oxime groups is 1. The number of nitrogens with two attached hydrogens (primary N) is 1. The van der Waals surface area contributed by atoms with Gasteiger partial charge in [0, 0.05) is 33.4 Å². The lowest BCUT2D eigenvalue weighted by Crippen LogP contribution is -2.18. The number of hydrogen-bond donors (Lipinski definition) is 2. The first-order chi connectivity index (χ1) is 9.58. The van der Waals surface area contributed by atoms with Gasteiger partial charge in [-0.15, -0.1) is 11.3 Å². The quantitative estimate of drug-likeness (QED) is 0.375. The summed E-state index contributed by atoms with van der Waals surface area (Å²) in [5.41, 5.74) is 7.47. The van der Waals surface area contributed by atoms with Gasteiger partial charge in [-0.05, 0) is 40.7 Å². The van der Waals surface area contributed by atoms with Crippen LogP contribution in [0.3, 0.4) is 0 Å². The molecule has 0 atom stereocenters. The van der Waals surface area contributed by atoms with Crippen LogP contribution in [0.15, 0.2) is 45.3 Å². The summed E-state index contributed by atoms with van der Waals surface area (Å²) in [5, 5.41) is 13.8. The van der Waals surface area contributed by atoms with Crippen LogP contribution in [0.25, 0.3) is 0 Å². The molecule has 20 heavy (non-hydrogen) atoms. The van der Waals surface area contributed by atoms with E-state index in [9.17, 15) is 0 Å². The van der Waals surface area contributed by atoms with Crippen molar-refractivity contribution >= 4 is 33.1 Å². The fourth-order valence-corrected chi connectivity index (χ4v) is 3.49. The first-order valence-electron chi connectivity index (χ1n) is 6.07.